The van der Waals surface area contributed by atoms with Gasteiger partial charge in [-0.25, -0.2) is 0 Å². The Balaban J connectivity index is 2.30. The molecule has 16 heavy (non-hydrogen) atoms. The molecule has 0 bridgehead atoms. The van der Waals surface area contributed by atoms with Gasteiger partial charge in [0.15, 0.2) is 0 Å². The summed E-state index contributed by atoms with van der Waals surface area (Å²) in [6.07, 6.45) is 1.24. The Bertz CT molecular complexity index is 258. The lowest BCUT2D eigenvalue weighted by Gasteiger charge is -2.34. The molecule has 1 saturated heterocycles. The van der Waals surface area contributed by atoms with Crippen molar-refractivity contribution in [2.75, 3.05) is 26.2 Å². The molecule has 0 aromatic carbocycles. The van der Waals surface area contributed by atoms with E-state index in [1.807, 2.05) is 11.8 Å². The average molecular weight is 227 g/mol. The third-order valence-electron chi connectivity index (χ3n) is 2.89. The van der Waals surface area contributed by atoms with Gasteiger partial charge in [0.25, 0.3) is 0 Å². The molecule has 2 N–H and O–H groups in total. The van der Waals surface area contributed by atoms with Gasteiger partial charge in [-0.05, 0) is 13.3 Å². The van der Waals surface area contributed by atoms with Gasteiger partial charge < -0.3 is 15.5 Å². The van der Waals surface area contributed by atoms with Crippen molar-refractivity contribution < 1.29 is 9.59 Å². The van der Waals surface area contributed by atoms with Crippen LogP contribution in [0.15, 0.2) is 0 Å². The largest absolute Gasteiger partial charge is 0.339 e. The van der Waals surface area contributed by atoms with Crippen LogP contribution in [0.5, 0.6) is 0 Å². The van der Waals surface area contributed by atoms with Gasteiger partial charge in [0.2, 0.25) is 11.8 Å². The normalized spacial score (nSPS) is 18.4. The van der Waals surface area contributed by atoms with Crippen LogP contribution in [0.2, 0.25) is 0 Å². The van der Waals surface area contributed by atoms with E-state index in [-0.39, 0.29) is 17.9 Å². The maximum atomic E-state index is 11.7. The van der Waals surface area contributed by atoms with E-state index >= 15 is 0 Å². The van der Waals surface area contributed by atoms with Gasteiger partial charge in [-0.3, -0.25) is 9.59 Å². The molecule has 0 aromatic heterocycles. The van der Waals surface area contributed by atoms with Gasteiger partial charge in [0.1, 0.15) is 0 Å². The van der Waals surface area contributed by atoms with E-state index in [2.05, 4.69) is 0 Å². The topological polar surface area (TPSA) is 66.6 Å². The number of hydrogen-bond donors (Lipinski definition) is 1. The molecule has 92 valence electrons. The SMILES string of the molecule is CC(=O)N1CCN(C(=O)CCC(C)N)CC1. The van der Waals surface area contributed by atoms with Crippen LogP contribution in [-0.2, 0) is 9.59 Å². The number of carbonyl (C=O) groups is 2. The van der Waals surface area contributed by atoms with Crippen molar-refractivity contribution in [3.05, 3.63) is 0 Å². The molecule has 5 heteroatoms. The quantitative estimate of drug-likeness (QED) is 0.726. The molecular weight excluding hydrogens is 206 g/mol. The molecule has 1 heterocycles. The van der Waals surface area contributed by atoms with Crippen molar-refractivity contribution >= 4 is 11.8 Å². The average Bonchev–Trinajstić information content (AvgIpc) is 2.26. The van der Waals surface area contributed by atoms with Crippen LogP contribution in [0.3, 0.4) is 0 Å². The molecule has 2 amide bonds. The van der Waals surface area contributed by atoms with Crippen LogP contribution >= 0.6 is 0 Å². The molecular formula is C11H21N3O2. The fourth-order valence-electron chi connectivity index (χ4n) is 1.78. The lowest BCUT2D eigenvalue weighted by Crippen LogP contribution is -2.50. The second-order valence-electron chi connectivity index (χ2n) is 4.40. The van der Waals surface area contributed by atoms with Crippen LogP contribution in [0.1, 0.15) is 26.7 Å². The van der Waals surface area contributed by atoms with Crippen molar-refractivity contribution in [3.63, 3.8) is 0 Å². The third kappa shape index (κ3) is 3.81. The Hall–Kier alpha value is -1.10. The number of nitrogens with zero attached hydrogens (tertiary/aromatic N) is 2. The van der Waals surface area contributed by atoms with Crippen LogP contribution in [0.25, 0.3) is 0 Å². The number of carbonyl (C=O) groups excluding carboxylic acids is 2. The lowest BCUT2D eigenvalue weighted by molar-refractivity contribution is -0.138. The Kier molecular flexibility index (Phi) is 4.73. The molecule has 0 aromatic rings. The Morgan fingerprint density at radius 3 is 2.12 bits per heavy atom. The molecule has 0 spiro atoms. The van der Waals surface area contributed by atoms with E-state index in [1.165, 1.54) is 0 Å². The molecule has 1 atom stereocenters. The molecule has 1 aliphatic rings. The number of hydrogen-bond acceptors (Lipinski definition) is 3. The predicted molar refractivity (Wildman–Crippen MR) is 61.7 cm³/mol. The summed E-state index contributed by atoms with van der Waals surface area (Å²) in [4.78, 5) is 26.4. The van der Waals surface area contributed by atoms with Crippen molar-refractivity contribution in [3.8, 4) is 0 Å². The monoisotopic (exact) mass is 227 g/mol. The summed E-state index contributed by atoms with van der Waals surface area (Å²) in [5.74, 6) is 0.239. The van der Waals surface area contributed by atoms with Gasteiger partial charge in [-0.1, -0.05) is 0 Å². The van der Waals surface area contributed by atoms with Crippen molar-refractivity contribution in [2.24, 2.45) is 5.73 Å². The molecule has 1 aliphatic heterocycles. The van der Waals surface area contributed by atoms with E-state index in [0.717, 1.165) is 6.42 Å². The number of piperazine rings is 1. The standard InChI is InChI=1S/C11H21N3O2/c1-9(12)3-4-11(16)14-7-5-13(6-8-14)10(2)15/h9H,3-8,12H2,1-2H3. The second-order valence-corrected chi connectivity index (χ2v) is 4.40. The van der Waals surface area contributed by atoms with E-state index in [9.17, 15) is 9.59 Å². The summed E-state index contributed by atoms with van der Waals surface area (Å²) in [6, 6.07) is 0.0717. The maximum Gasteiger partial charge on any atom is 0.222 e. The first kappa shape index (κ1) is 13.0. The highest BCUT2D eigenvalue weighted by molar-refractivity contribution is 5.77. The van der Waals surface area contributed by atoms with Crippen molar-refractivity contribution in [1.82, 2.24) is 9.80 Å². The first-order valence-electron chi connectivity index (χ1n) is 5.79. The summed E-state index contributed by atoms with van der Waals surface area (Å²) in [5, 5.41) is 0. The zero-order valence-electron chi connectivity index (χ0n) is 10.1. The molecule has 1 unspecified atom stereocenters. The highest BCUT2D eigenvalue weighted by Crippen LogP contribution is 2.06. The summed E-state index contributed by atoms with van der Waals surface area (Å²) < 4.78 is 0. The molecule has 0 radical (unpaired) electrons. The van der Waals surface area contributed by atoms with Crippen LogP contribution in [-0.4, -0.2) is 53.8 Å². The van der Waals surface area contributed by atoms with E-state index < -0.39 is 0 Å². The Morgan fingerprint density at radius 2 is 1.69 bits per heavy atom. The minimum absolute atomic E-state index is 0.0717. The summed E-state index contributed by atoms with van der Waals surface area (Å²) in [7, 11) is 0. The van der Waals surface area contributed by atoms with Gasteiger partial charge in [0.05, 0.1) is 0 Å². The highest BCUT2D eigenvalue weighted by atomic mass is 16.2. The third-order valence-corrected chi connectivity index (χ3v) is 2.89. The van der Waals surface area contributed by atoms with E-state index in [0.29, 0.717) is 32.6 Å². The lowest BCUT2D eigenvalue weighted by atomic mass is 10.1. The molecule has 1 fully saturated rings. The number of rotatable bonds is 3. The van der Waals surface area contributed by atoms with Crippen molar-refractivity contribution in [1.29, 1.82) is 0 Å². The predicted octanol–water partition coefficient (Wildman–Crippen LogP) is -0.195. The Labute approximate surface area is 96.6 Å². The molecule has 5 nitrogen and oxygen atoms in total. The fraction of sp³-hybridized carbons (Fsp3) is 0.818. The second kappa shape index (κ2) is 5.84. The highest BCUT2D eigenvalue weighted by Gasteiger charge is 2.21. The number of nitrogens with two attached hydrogens (primary N) is 1. The minimum Gasteiger partial charge on any atom is -0.339 e. The van der Waals surface area contributed by atoms with Gasteiger partial charge in [0, 0.05) is 45.6 Å². The summed E-state index contributed by atoms with van der Waals surface area (Å²) >= 11 is 0. The summed E-state index contributed by atoms with van der Waals surface area (Å²) in [6.45, 7) is 6.07. The van der Waals surface area contributed by atoms with Gasteiger partial charge in [-0.15, -0.1) is 0 Å². The molecule has 1 rings (SSSR count). The smallest absolute Gasteiger partial charge is 0.222 e. The molecule has 0 saturated carbocycles. The van der Waals surface area contributed by atoms with Gasteiger partial charge in [-0.2, -0.15) is 0 Å². The van der Waals surface area contributed by atoms with Crippen LogP contribution in [0, 0.1) is 0 Å². The number of amides is 2. The summed E-state index contributed by atoms with van der Waals surface area (Å²) in [5.41, 5.74) is 5.61. The van der Waals surface area contributed by atoms with Crippen LogP contribution in [0.4, 0.5) is 0 Å². The zero-order chi connectivity index (χ0) is 12.1. The van der Waals surface area contributed by atoms with Gasteiger partial charge >= 0.3 is 0 Å². The zero-order valence-corrected chi connectivity index (χ0v) is 10.1. The van der Waals surface area contributed by atoms with Crippen LogP contribution < -0.4 is 5.73 Å². The first-order chi connectivity index (χ1) is 7.50. The van der Waals surface area contributed by atoms with E-state index in [1.54, 1.807) is 11.8 Å². The van der Waals surface area contributed by atoms with E-state index in [4.69, 9.17) is 5.73 Å². The fourth-order valence-corrected chi connectivity index (χ4v) is 1.78. The first-order valence-corrected chi connectivity index (χ1v) is 5.79. The maximum absolute atomic E-state index is 11.7. The minimum atomic E-state index is 0.0717. The molecule has 0 aliphatic carbocycles. The van der Waals surface area contributed by atoms with Crippen molar-refractivity contribution in [2.45, 2.75) is 32.7 Å². The Morgan fingerprint density at radius 1 is 1.19 bits per heavy atom.